The molecule has 2 atom stereocenters. The Balaban J connectivity index is 0. The molecule has 0 spiro atoms. The maximum absolute atomic E-state index is 10.5. The summed E-state index contributed by atoms with van der Waals surface area (Å²) in [6.45, 7) is 4.12. The minimum absolute atomic E-state index is 0. The van der Waals surface area contributed by atoms with Crippen LogP contribution in [0.15, 0.2) is 0 Å². The van der Waals surface area contributed by atoms with Crippen molar-refractivity contribution in [2.75, 3.05) is 0 Å². The smallest absolute Gasteiger partial charge is 0.550 e. The van der Waals surface area contributed by atoms with E-state index in [2.05, 4.69) is 13.8 Å². The van der Waals surface area contributed by atoms with Crippen LogP contribution < -0.4 is 69.3 Å². The molecule has 0 aromatic heterocycles. The summed E-state index contributed by atoms with van der Waals surface area (Å²) in [5.74, 6) is -1.41. The summed E-state index contributed by atoms with van der Waals surface area (Å²) in [6.07, 6.45) is 2.56. The molecule has 0 bridgehead atoms. The van der Waals surface area contributed by atoms with Gasteiger partial charge in [0.1, 0.15) is 0 Å². The number of carbonyl (C=O) groups is 2. The number of hydrogen-bond donors (Lipinski definition) is 0. The molecule has 0 aromatic rings. The zero-order valence-electron chi connectivity index (χ0n) is 11.8. The number of unbranched alkanes of at least 4 members (excludes halogenated alkanes) is 1. The van der Waals surface area contributed by atoms with Crippen LogP contribution in [0.1, 0.15) is 46.0 Å². The van der Waals surface area contributed by atoms with E-state index in [-0.39, 0.29) is 83.3 Å². The van der Waals surface area contributed by atoms with Crippen molar-refractivity contribution in [2.24, 2.45) is 17.3 Å². The fraction of sp³-hybridized carbons (Fsp3) is 0.833. The molecule has 0 N–H and O–H groups in total. The van der Waals surface area contributed by atoms with E-state index in [1.165, 1.54) is 0 Å². The monoisotopic (exact) mass is 272 g/mol. The minimum atomic E-state index is -1.01. The van der Waals surface area contributed by atoms with E-state index in [0.29, 0.717) is 12.3 Å². The normalized spacial score (nSPS) is 23.4. The van der Waals surface area contributed by atoms with Gasteiger partial charge in [0.2, 0.25) is 0 Å². The largest absolute Gasteiger partial charge is 1.00 e. The summed E-state index contributed by atoms with van der Waals surface area (Å²) in [5.41, 5.74) is 0.0710. The molecule has 1 aliphatic rings. The number of hydrogen-bond acceptors (Lipinski definition) is 4. The Morgan fingerprint density at radius 3 is 2.00 bits per heavy atom. The molecule has 4 nitrogen and oxygen atoms in total. The summed E-state index contributed by atoms with van der Waals surface area (Å²) in [6, 6.07) is 0. The molecule has 18 heavy (non-hydrogen) atoms. The molecule has 0 saturated heterocycles. The molecule has 92 valence electrons. The summed E-state index contributed by atoms with van der Waals surface area (Å²) in [5, 5.41) is 20.7. The van der Waals surface area contributed by atoms with E-state index < -0.39 is 11.9 Å². The van der Waals surface area contributed by atoms with Crippen LogP contribution in [0.2, 0.25) is 0 Å². The van der Waals surface area contributed by atoms with Gasteiger partial charge in [0.15, 0.2) is 0 Å². The second-order valence-corrected chi connectivity index (χ2v) is 5.23. The fourth-order valence-electron chi connectivity index (χ4n) is 2.65. The second-order valence-electron chi connectivity index (χ2n) is 5.23. The Hall–Kier alpha value is 0.940. The predicted octanol–water partition coefficient (Wildman–Crippen LogP) is -6.28. The molecule has 0 unspecified atom stereocenters. The van der Waals surface area contributed by atoms with Gasteiger partial charge in [-0.1, -0.05) is 20.3 Å². The van der Waals surface area contributed by atoms with Crippen molar-refractivity contribution in [2.45, 2.75) is 46.0 Å². The molecule has 1 fully saturated rings. The molecule has 1 rings (SSSR count). The molecule has 0 aromatic carbocycles. The molecule has 0 amide bonds. The van der Waals surface area contributed by atoms with Gasteiger partial charge in [0.25, 0.3) is 0 Å². The van der Waals surface area contributed by atoms with Crippen LogP contribution in [0, 0.1) is 17.3 Å². The third-order valence-corrected chi connectivity index (χ3v) is 3.82. The van der Waals surface area contributed by atoms with E-state index in [1.54, 1.807) is 0 Å². The van der Waals surface area contributed by atoms with Gasteiger partial charge in [-0.05, 0) is 42.9 Å². The quantitative estimate of drug-likeness (QED) is 0.341. The zero-order valence-corrected chi connectivity index (χ0v) is 15.8. The van der Waals surface area contributed by atoms with Gasteiger partial charge >= 0.3 is 59.1 Å². The van der Waals surface area contributed by atoms with Gasteiger partial charge in [0, 0.05) is 11.9 Å². The first-order chi connectivity index (χ1) is 7.35. The van der Waals surface area contributed by atoms with Crippen LogP contribution >= 0.6 is 0 Å². The van der Waals surface area contributed by atoms with Crippen LogP contribution in [0.4, 0.5) is 0 Å². The van der Waals surface area contributed by atoms with E-state index in [4.69, 9.17) is 0 Å². The van der Waals surface area contributed by atoms with Crippen LogP contribution in [-0.4, -0.2) is 11.9 Å². The Bertz CT molecular complexity index is 292. The minimum Gasteiger partial charge on any atom is -0.550 e. The SMILES string of the molecule is CC1(C)[C@@H](CCCCC(=O)[O-])[C@@H]1CC(=O)[O-].[Na+].[Na+]. The van der Waals surface area contributed by atoms with Crippen LogP contribution in [0.3, 0.4) is 0 Å². The first kappa shape index (κ1) is 21.2. The Labute approximate surface area is 152 Å². The first-order valence-corrected chi connectivity index (χ1v) is 5.75. The summed E-state index contributed by atoms with van der Waals surface area (Å²) >= 11 is 0. The third kappa shape index (κ3) is 6.40. The first-order valence-electron chi connectivity index (χ1n) is 5.75. The van der Waals surface area contributed by atoms with Crippen molar-refractivity contribution in [1.29, 1.82) is 0 Å². The summed E-state index contributed by atoms with van der Waals surface area (Å²) < 4.78 is 0. The van der Waals surface area contributed by atoms with Gasteiger partial charge in [-0.25, -0.2) is 0 Å². The van der Waals surface area contributed by atoms with Crippen molar-refractivity contribution in [3.8, 4) is 0 Å². The molecule has 0 aliphatic heterocycles. The van der Waals surface area contributed by atoms with Crippen molar-refractivity contribution in [3.63, 3.8) is 0 Å². The van der Waals surface area contributed by atoms with E-state index in [1.807, 2.05) is 0 Å². The molecule has 0 heterocycles. The zero-order chi connectivity index (χ0) is 12.3. The van der Waals surface area contributed by atoms with Gasteiger partial charge in [-0.15, -0.1) is 0 Å². The van der Waals surface area contributed by atoms with Gasteiger partial charge in [0.05, 0.1) is 0 Å². The van der Waals surface area contributed by atoms with Crippen LogP contribution in [-0.2, 0) is 9.59 Å². The van der Waals surface area contributed by atoms with Gasteiger partial charge < -0.3 is 19.8 Å². The van der Waals surface area contributed by atoms with Crippen LogP contribution in [0.5, 0.6) is 0 Å². The molecule has 6 heteroatoms. The number of rotatable bonds is 7. The Morgan fingerprint density at radius 1 is 1.00 bits per heavy atom. The van der Waals surface area contributed by atoms with Crippen molar-refractivity contribution >= 4 is 11.9 Å². The third-order valence-electron chi connectivity index (χ3n) is 3.82. The number of carboxylic acids is 2. The van der Waals surface area contributed by atoms with E-state index in [9.17, 15) is 19.8 Å². The number of carbonyl (C=O) groups excluding carboxylic acids is 2. The second kappa shape index (κ2) is 8.98. The maximum Gasteiger partial charge on any atom is 1.00 e. The van der Waals surface area contributed by atoms with E-state index >= 15 is 0 Å². The predicted molar refractivity (Wildman–Crippen MR) is 53.9 cm³/mol. The van der Waals surface area contributed by atoms with Gasteiger partial charge in [-0.3, -0.25) is 0 Å². The Morgan fingerprint density at radius 2 is 1.56 bits per heavy atom. The standard InChI is InChI=1S/C12H20O4.2Na/c1-12(2)8(9(12)7-11(15)16)5-3-4-6-10(13)14;;/h8-9H,3-7H2,1-2H3,(H,13,14)(H,15,16);;/q;2*+1/p-2/t8-,9-;;/m0../s1. The van der Waals surface area contributed by atoms with Crippen molar-refractivity contribution in [1.82, 2.24) is 0 Å². The fourth-order valence-corrected chi connectivity index (χ4v) is 2.65. The summed E-state index contributed by atoms with van der Waals surface area (Å²) in [4.78, 5) is 20.7. The molecule has 1 aliphatic carbocycles. The summed E-state index contributed by atoms with van der Waals surface area (Å²) in [7, 11) is 0. The Kier molecular flexibility index (Phi) is 10.6. The molecular weight excluding hydrogens is 254 g/mol. The van der Waals surface area contributed by atoms with E-state index in [0.717, 1.165) is 12.8 Å². The van der Waals surface area contributed by atoms with Crippen molar-refractivity contribution < 1.29 is 78.9 Å². The van der Waals surface area contributed by atoms with Crippen LogP contribution in [0.25, 0.3) is 0 Å². The average molecular weight is 272 g/mol. The number of aliphatic carboxylic acids is 2. The maximum atomic E-state index is 10.5. The van der Waals surface area contributed by atoms with Crippen molar-refractivity contribution in [3.05, 3.63) is 0 Å². The molecule has 1 saturated carbocycles. The number of carboxylic acid groups (broad SMARTS) is 2. The molecule has 0 radical (unpaired) electrons. The van der Waals surface area contributed by atoms with Gasteiger partial charge in [-0.2, -0.15) is 0 Å². The average Bonchev–Trinajstić information content (AvgIpc) is 2.61. The topological polar surface area (TPSA) is 80.3 Å². The molecular formula is C12H18Na2O4.